The molecule has 0 aliphatic heterocycles. The van der Waals surface area contributed by atoms with Gasteiger partial charge in [0.1, 0.15) is 10.7 Å². The van der Waals surface area contributed by atoms with Gasteiger partial charge in [-0.25, -0.2) is 12.8 Å². The zero-order valence-electron chi connectivity index (χ0n) is 11.4. The quantitative estimate of drug-likeness (QED) is 0.808. The van der Waals surface area contributed by atoms with Crippen molar-refractivity contribution in [1.82, 2.24) is 0 Å². The van der Waals surface area contributed by atoms with Crippen LogP contribution >= 0.6 is 15.9 Å². The molecule has 0 unspecified atom stereocenters. The minimum atomic E-state index is -3.97. The molecule has 0 spiro atoms. The van der Waals surface area contributed by atoms with E-state index in [-0.39, 0.29) is 16.3 Å². The second kappa shape index (κ2) is 5.65. The van der Waals surface area contributed by atoms with Crippen molar-refractivity contribution in [2.24, 2.45) is 0 Å². The highest BCUT2D eigenvalue weighted by Gasteiger charge is 2.21. The first-order chi connectivity index (χ1) is 9.72. The summed E-state index contributed by atoms with van der Waals surface area (Å²) in [5.74, 6) is -0.671. The third kappa shape index (κ3) is 3.19. The molecule has 0 aliphatic carbocycles. The van der Waals surface area contributed by atoms with Crippen LogP contribution in [0.3, 0.4) is 0 Å². The smallest absolute Gasteiger partial charge is 0.264 e. The van der Waals surface area contributed by atoms with Crippen molar-refractivity contribution in [1.29, 1.82) is 0 Å². The molecule has 0 amide bonds. The maximum absolute atomic E-state index is 13.8. The van der Waals surface area contributed by atoms with Gasteiger partial charge in [0.15, 0.2) is 0 Å². The number of sulfonamides is 1. The summed E-state index contributed by atoms with van der Waals surface area (Å²) in [6.07, 6.45) is 0. The monoisotopic (exact) mass is 372 g/mol. The molecular weight excluding hydrogens is 359 g/mol. The van der Waals surface area contributed by atoms with Gasteiger partial charge in [-0.3, -0.25) is 4.72 Å². The Kier molecular flexibility index (Phi) is 4.25. The molecule has 4 nitrogen and oxygen atoms in total. The van der Waals surface area contributed by atoms with E-state index in [2.05, 4.69) is 20.7 Å². The first-order valence-electron chi connectivity index (χ1n) is 6.06. The zero-order valence-corrected chi connectivity index (χ0v) is 13.8. The van der Waals surface area contributed by atoms with Crippen LogP contribution in [0, 0.1) is 19.7 Å². The number of rotatable bonds is 3. The molecule has 0 fully saturated rings. The lowest BCUT2D eigenvalue weighted by atomic mass is 10.1. The van der Waals surface area contributed by atoms with E-state index in [0.717, 1.165) is 11.1 Å². The van der Waals surface area contributed by atoms with Crippen molar-refractivity contribution in [3.05, 3.63) is 51.7 Å². The first kappa shape index (κ1) is 15.8. The Morgan fingerprint density at radius 3 is 2.43 bits per heavy atom. The molecule has 0 radical (unpaired) electrons. The normalized spacial score (nSPS) is 11.4. The van der Waals surface area contributed by atoms with Crippen LogP contribution in [0.2, 0.25) is 0 Å². The Hall–Kier alpha value is -1.60. The molecule has 0 heterocycles. The molecule has 0 bridgehead atoms. The minimum Gasteiger partial charge on any atom is -0.398 e. The Morgan fingerprint density at radius 1 is 1.19 bits per heavy atom. The minimum absolute atomic E-state index is 0.0687. The van der Waals surface area contributed by atoms with Gasteiger partial charge in [0, 0.05) is 4.47 Å². The van der Waals surface area contributed by atoms with E-state index in [1.54, 1.807) is 19.1 Å². The van der Waals surface area contributed by atoms with Crippen molar-refractivity contribution in [2.45, 2.75) is 18.7 Å². The van der Waals surface area contributed by atoms with Crippen LogP contribution in [0.4, 0.5) is 15.8 Å². The Morgan fingerprint density at radius 2 is 1.81 bits per heavy atom. The van der Waals surface area contributed by atoms with Crippen molar-refractivity contribution in [3.63, 3.8) is 0 Å². The van der Waals surface area contributed by atoms with E-state index in [1.165, 1.54) is 18.2 Å². The van der Waals surface area contributed by atoms with Gasteiger partial charge in [-0.05, 0) is 65.2 Å². The maximum atomic E-state index is 13.8. The van der Waals surface area contributed by atoms with Crippen LogP contribution in [0.15, 0.2) is 39.7 Å². The predicted molar refractivity (Wildman–Crippen MR) is 85.2 cm³/mol. The van der Waals surface area contributed by atoms with Crippen molar-refractivity contribution in [2.75, 3.05) is 10.5 Å². The number of nitrogen functional groups attached to an aromatic ring is 1. The molecule has 112 valence electrons. The van der Waals surface area contributed by atoms with Gasteiger partial charge in [0.2, 0.25) is 0 Å². The van der Waals surface area contributed by atoms with E-state index in [4.69, 9.17) is 5.73 Å². The highest BCUT2D eigenvalue weighted by molar-refractivity contribution is 9.10. The fourth-order valence-corrected chi connectivity index (χ4v) is 3.69. The number of benzene rings is 2. The van der Waals surface area contributed by atoms with Crippen LogP contribution in [0.1, 0.15) is 11.1 Å². The molecule has 0 saturated heterocycles. The van der Waals surface area contributed by atoms with Crippen molar-refractivity contribution in [3.8, 4) is 0 Å². The predicted octanol–water partition coefficient (Wildman–Crippen LogP) is 3.59. The summed E-state index contributed by atoms with van der Waals surface area (Å²) in [6.45, 7) is 3.62. The molecule has 2 rings (SSSR count). The first-order valence-corrected chi connectivity index (χ1v) is 8.33. The third-order valence-electron chi connectivity index (χ3n) is 3.11. The van der Waals surface area contributed by atoms with Gasteiger partial charge in [-0.2, -0.15) is 0 Å². The molecule has 0 saturated carbocycles. The number of nitrogens with two attached hydrogens (primary N) is 1. The van der Waals surface area contributed by atoms with Crippen LogP contribution < -0.4 is 10.5 Å². The standard InChI is InChI=1S/C14H14BrFN2O2S/c1-8-6-12(17)13(7-9(8)2)21(19,20)18-14-10(15)4-3-5-11(14)16/h3-7,18H,17H2,1-2H3. The molecular formula is C14H14BrFN2O2S. The number of halogens is 2. The fourth-order valence-electron chi connectivity index (χ4n) is 1.83. The van der Waals surface area contributed by atoms with E-state index < -0.39 is 15.8 Å². The van der Waals surface area contributed by atoms with E-state index in [9.17, 15) is 12.8 Å². The summed E-state index contributed by atoms with van der Waals surface area (Å²) < 4.78 is 41.1. The third-order valence-corrected chi connectivity index (χ3v) is 5.18. The van der Waals surface area contributed by atoms with Gasteiger partial charge in [0.05, 0.1) is 11.4 Å². The van der Waals surface area contributed by atoms with Gasteiger partial charge >= 0.3 is 0 Å². The lowest BCUT2D eigenvalue weighted by molar-refractivity contribution is 0.598. The van der Waals surface area contributed by atoms with Gasteiger partial charge in [0.25, 0.3) is 10.0 Å². The Bertz CT molecular complexity index is 787. The Labute approximate surface area is 131 Å². The summed E-state index contributed by atoms with van der Waals surface area (Å²) in [4.78, 5) is -0.0687. The van der Waals surface area contributed by atoms with Gasteiger partial charge in [-0.1, -0.05) is 6.07 Å². The van der Waals surface area contributed by atoms with Gasteiger partial charge < -0.3 is 5.73 Å². The van der Waals surface area contributed by atoms with E-state index in [0.29, 0.717) is 4.47 Å². The number of aryl methyl sites for hydroxylation is 2. The SMILES string of the molecule is Cc1cc(N)c(S(=O)(=O)Nc2c(F)cccc2Br)cc1C. The molecule has 7 heteroatoms. The summed E-state index contributed by atoms with van der Waals surface area (Å²) in [5.41, 5.74) is 7.44. The number of anilines is 2. The maximum Gasteiger partial charge on any atom is 0.264 e. The molecule has 0 aliphatic rings. The topological polar surface area (TPSA) is 72.2 Å². The number of nitrogens with one attached hydrogen (secondary N) is 1. The molecule has 21 heavy (non-hydrogen) atoms. The van der Waals surface area contributed by atoms with Crippen molar-refractivity contribution >= 4 is 37.3 Å². The second-order valence-corrected chi connectivity index (χ2v) is 7.18. The van der Waals surface area contributed by atoms with E-state index in [1.807, 2.05) is 6.92 Å². The van der Waals surface area contributed by atoms with Crippen molar-refractivity contribution < 1.29 is 12.8 Å². The lowest BCUT2D eigenvalue weighted by Crippen LogP contribution is -2.16. The van der Waals surface area contributed by atoms with Crippen LogP contribution in [0.5, 0.6) is 0 Å². The van der Waals surface area contributed by atoms with E-state index >= 15 is 0 Å². The second-order valence-electron chi connectivity index (χ2n) is 4.68. The van der Waals surface area contributed by atoms with Crippen LogP contribution in [0.25, 0.3) is 0 Å². The lowest BCUT2D eigenvalue weighted by Gasteiger charge is -2.13. The fraction of sp³-hybridized carbons (Fsp3) is 0.143. The average Bonchev–Trinajstić information content (AvgIpc) is 2.38. The summed E-state index contributed by atoms with van der Waals surface area (Å²) in [7, 11) is -3.97. The molecule has 2 aromatic carbocycles. The Balaban J connectivity index is 2.51. The van der Waals surface area contributed by atoms with Crippen LogP contribution in [-0.2, 0) is 10.0 Å². The highest BCUT2D eigenvalue weighted by atomic mass is 79.9. The van der Waals surface area contributed by atoms with Gasteiger partial charge in [-0.15, -0.1) is 0 Å². The molecule has 2 aromatic rings. The molecule has 0 atom stereocenters. The largest absolute Gasteiger partial charge is 0.398 e. The number of para-hydroxylation sites is 1. The van der Waals surface area contributed by atoms with Crippen LogP contribution in [-0.4, -0.2) is 8.42 Å². The summed E-state index contributed by atoms with van der Waals surface area (Å²) in [6, 6.07) is 7.25. The summed E-state index contributed by atoms with van der Waals surface area (Å²) >= 11 is 3.12. The average molecular weight is 373 g/mol. The number of hydrogen-bond donors (Lipinski definition) is 2. The molecule has 0 aromatic heterocycles. The highest BCUT2D eigenvalue weighted by Crippen LogP contribution is 2.30. The zero-order chi connectivity index (χ0) is 15.8. The summed E-state index contributed by atoms with van der Waals surface area (Å²) in [5, 5.41) is 0. The number of hydrogen-bond acceptors (Lipinski definition) is 3. The molecule has 3 N–H and O–H groups in total.